The fourth-order valence-corrected chi connectivity index (χ4v) is 2.13. The van der Waals surface area contributed by atoms with Crippen LogP contribution in [-0.2, 0) is 7.05 Å². The number of carbonyl (C=O) groups excluding carboxylic acids is 2. The van der Waals surface area contributed by atoms with Crippen molar-refractivity contribution in [3.63, 3.8) is 0 Å². The Morgan fingerprint density at radius 3 is 2.44 bits per heavy atom. The van der Waals surface area contributed by atoms with Crippen LogP contribution in [0.5, 0.6) is 0 Å². The second kappa shape index (κ2) is 4.81. The molecule has 94 valence electrons. The number of nitrogens with zero attached hydrogens (tertiary/aromatic N) is 3. The summed E-state index contributed by atoms with van der Waals surface area (Å²) in [6, 6.07) is 1.68. The minimum absolute atomic E-state index is 0.181. The number of aryl methyl sites for hydroxylation is 3. The first-order valence-corrected chi connectivity index (χ1v) is 6.34. The van der Waals surface area contributed by atoms with Crippen molar-refractivity contribution in [3.8, 4) is 0 Å². The fourth-order valence-electron chi connectivity index (χ4n) is 1.52. The molecule has 0 saturated carbocycles. The van der Waals surface area contributed by atoms with E-state index in [9.17, 15) is 9.59 Å². The summed E-state index contributed by atoms with van der Waals surface area (Å²) in [6.45, 7) is 3.68. The van der Waals surface area contributed by atoms with Crippen molar-refractivity contribution in [2.24, 2.45) is 7.05 Å². The average molecular weight is 263 g/mol. The zero-order valence-electron chi connectivity index (χ0n) is 10.4. The molecule has 0 bridgehead atoms. The van der Waals surface area contributed by atoms with E-state index in [-0.39, 0.29) is 18.0 Å². The molecular weight excluding hydrogens is 250 g/mol. The van der Waals surface area contributed by atoms with Crippen molar-refractivity contribution in [2.45, 2.75) is 20.3 Å². The highest BCUT2D eigenvalue weighted by atomic mass is 32.1. The lowest BCUT2D eigenvalue weighted by Crippen LogP contribution is -2.10. The average Bonchev–Trinajstić information content (AvgIpc) is 2.86. The molecule has 0 unspecified atom stereocenters. The summed E-state index contributed by atoms with van der Waals surface area (Å²) >= 11 is 1.40. The van der Waals surface area contributed by atoms with Crippen LogP contribution in [0.2, 0.25) is 0 Å². The van der Waals surface area contributed by atoms with E-state index in [0.717, 1.165) is 10.7 Å². The van der Waals surface area contributed by atoms with Crippen LogP contribution >= 0.6 is 11.3 Å². The molecule has 0 saturated heterocycles. The van der Waals surface area contributed by atoms with Gasteiger partial charge in [0, 0.05) is 18.1 Å². The molecule has 2 aromatic rings. The summed E-state index contributed by atoms with van der Waals surface area (Å²) in [6.07, 6.45) is -0.181. The predicted molar refractivity (Wildman–Crippen MR) is 68.1 cm³/mol. The molecule has 0 N–H and O–H groups in total. The molecule has 0 spiro atoms. The van der Waals surface area contributed by atoms with Crippen LogP contribution in [0.25, 0.3) is 0 Å². The first-order valence-electron chi connectivity index (χ1n) is 5.46. The minimum Gasteiger partial charge on any atom is -0.292 e. The molecule has 2 aromatic heterocycles. The maximum Gasteiger partial charge on any atom is 0.190 e. The molecule has 0 amide bonds. The number of hydrogen-bond acceptors (Lipinski definition) is 5. The molecule has 0 fully saturated rings. The summed E-state index contributed by atoms with van der Waals surface area (Å²) in [5.74, 6) is -0.526. The third-order valence-corrected chi connectivity index (χ3v) is 3.40. The van der Waals surface area contributed by atoms with Gasteiger partial charge in [-0.15, -0.1) is 11.3 Å². The molecule has 0 aliphatic rings. The summed E-state index contributed by atoms with van der Waals surface area (Å²) in [4.78, 5) is 27.8. The Morgan fingerprint density at radius 1 is 1.28 bits per heavy atom. The van der Waals surface area contributed by atoms with Gasteiger partial charge in [-0.1, -0.05) is 0 Å². The van der Waals surface area contributed by atoms with E-state index < -0.39 is 0 Å². The number of Topliss-reactive ketones (excluding diaryl/α,β-unsaturated/α-hetero) is 2. The highest BCUT2D eigenvalue weighted by Gasteiger charge is 2.18. The van der Waals surface area contributed by atoms with Crippen LogP contribution in [0.3, 0.4) is 0 Å². The standard InChI is InChI=1S/C12H13N3O2S/c1-7-4-9(14-15(7)3)11(16)5-12(17)10-6-18-8(2)13-10/h4,6H,5H2,1-3H3. The van der Waals surface area contributed by atoms with E-state index in [1.165, 1.54) is 11.3 Å². The van der Waals surface area contributed by atoms with Gasteiger partial charge in [0.05, 0.1) is 11.4 Å². The zero-order chi connectivity index (χ0) is 13.3. The molecule has 0 aromatic carbocycles. The van der Waals surface area contributed by atoms with E-state index >= 15 is 0 Å². The first-order chi connectivity index (χ1) is 8.47. The maximum atomic E-state index is 11.9. The molecule has 18 heavy (non-hydrogen) atoms. The molecular formula is C12H13N3O2S. The molecule has 0 atom stereocenters. The molecule has 5 nitrogen and oxygen atoms in total. The summed E-state index contributed by atoms with van der Waals surface area (Å²) in [5, 5.41) is 6.55. The van der Waals surface area contributed by atoms with Crippen LogP contribution in [0.4, 0.5) is 0 Å². The topological polar surface area (TPSA) is 64.8 Å². The van der Waals surface area contributed by atoms with Crippen LogP contribution in [0.1, 0.15) is 38.1 Å². The van der Waals surface area contributed by atoms with Crippen molar-refractivity contribution in [3.05, 3.63) is 33.5 Å². The Bertz CT molecular complexity index is 593. The molecule has 0 radical (unpaired) electrons. The third kappa shape index (κ3) is 2.53. The lowest BCUT2D eigenvalue weighted by atomic mass is 10.1. The van der Waals surface area contributed by atoms with Crippen LogP contribution < -0.4 is 0 Å². The van der Waals surface area contributed by atoms with Gasteiger partial charge in [-0.3, -0.25) is 14.3 Å². The molecule has 0 aliphatic carbocycles. The van der Waals surface area contributed by atoms with Crippen molar-refractivity contribution in [2.75, 3.05) is 0 Å². The molecule has 6 heteroatoms. The number of aromatic nitrogens is 3. The Balaban J connectivity index is 2.10. The monoisotopic (exact) mass is 263 g/mol. The van der Waals surface area contributed by atoms with Gasteiger partial charge in [0.1, 0.15) is 11.4 Å². The highest BCUT2D eigenvalue weighted by Crippen LogP contribution is 2.12. The van der Waals surface area contributed by atoms with Crippen LogP contribution in [0, 0.1) is 13.8 Å². The highest BCUT2D eigenvalue weighted by molar-refractivity contribution is 7.09. The largest absolute Gasteiger partial charge is 0.292 e. The Kier molecular flexibility index (Phi) is 3.38. The van der Waals surface area contributed by atoms with Gasteiger partial charge in [0.15, 0.2) is 11.6 Å². The van der Waals surface area contributed by atoms with E-state index in [2.05, 4.69) is 10.1 Å². The van der Waals surface area contributed by atoms with E-state index in [4.69, 9.17) is 0 Å². The Labute approximate surface area is 108 Å². The Morgan fingerprint density at radius 2 is 1.94 bits per heavy atom. The van der Waals surface area contributed by atoms with Crippen molar-refractivity contribution in [1.82, 2.24) is 14.8 Å². The molecule has 0 aliphatic heterocycles. The van der Waals surface area contributed by atoms with Crippen molar-refractivity contribution in [1.29, 1.82) is 0 Å². The van der Waals surface area contributed by atoms with Gasteiger partial charge in [-0.2, -0.15) is 5.10 Å². The zero-order valence-corrected chi connectivity index (χ0v) is 11.2. The van der Waals surface area contributed by atoms with Gasteiger partial charge in [0.2, 0.25) is 0 Å². The number of ketones is 2. The summed E-state index contributed by atoms with van der Waals surface area (Å²) in [7, 11) is 1.76. The molecule has 2 heterocycles. The van der Waals surface area contributed by atoms with Crippen molar-refractivity contribution < 1.29 is 9.59 Å². The fraction of sp³-hybridized carbons (Fsp3) is 0.333. The second-order valence-electron chi connectivity index (χ2n) is 4.07. The summed E-state index contributed by atoms with van der Waals surface area (Å²) < 4.78 is 1.62. The van der Waals surface area contributed by atoms with Gasteiger partial charge in [-0.05, 0) is 19.9 Å². The first kappa shape index (κ1) is 12.6. The smallest absolute Gasteiger partial charge is 0.190 e. The normalized spacial score (nSPS) is 10.6. The molecule has 2 rings (SSSR count). The van der Waals surface area contributed by atoms with Gasteiger partial charge < -0.3 is 0 Å². The van der Waals surface area contributed by atoms with Gasteiger partial charge >= 0.3 is 0 Å². The second-order valence-corrected chi connectivity index (χ2v) is 5.13. The van der Waals surface area contributed by atoms with Crippen LogP contribution in [0.15, 0.2) is 11.4 Å². The third-order valence-electron chi connectivity index (χ3n) is 2.63. The quantitative estimate of drug-likeness (QED) is 0.624. The minimum atomic E-state index is -0.269. The Hall–Kier alpha value is -1.82. The maximum absolute atomic E-state index is 11.9. The van der Waals surface area contributed by atoms with E-state index in [1.54, 1.807) is 23.2 Å². The van der Waals surface area contributed by atoms with Gasteiger partial charge in [0.25, 0.3) is 0 Å². The lowest BCUT2D eigenvalue weighted by molar-refractivity contribution is 0.0888. The lowest BCUT2D eigenvalue weighted by Gasteiger charge is -1.94. The van der Waals surface area contributed by atoms with Gasteiger partial charge in [-0.25, -0.2) is 4.98 Å². The predicted octanol–water partition coefficient (Wildman–Crippen LogP) is 1.95. The van der Waals surface area contributed by atoms with E-state index in [1.807, 2.05) is 13.8 Å². The SMILES string of the molecule is Cc1nc(C(=O)CC(=O)c2cc(C)n(C)n2)cs1. The number of hydrogen-bond donors (Lipinski definition) is 0. The summed E-state index contributed by atoms with van der Waals surface area (Å²) in [5.41, 5.74) is 1.57. The number of thiazole rings is 1. The number of rotatable bonds is 4. The van der Waals surface area contributed by atoms with Crippen LogP contribution in [-0.4, -0.2) is 26.3 Å². The number of carbonyl (C=O) groups is 2. The van der Waals surface area contributed by atoms with E-state index in [0.29, 0.717) is 11.4 Å². The van der Waals surface area contributed by atoms with Crippen molar-refractivity contribution >= 4 is 22.9 Å².